The molecule has 0 radical (unpaired) electrons. The monoisotopic (exact) mass is 275 g/mol. The standard InChI is InChI=1S/C15H15F2N3/c1-2-18-13-8-12(19-15(20-13)9-6-7-9)10-4-3-5-11(16)14(10)17/h3-5,8-9H,2,6-7H2,1H3,(H,18,19,20). The van der Waals surface area contributed by atoms with Crippen molar-refractivity contribution in [2.24, 2.45) is 0 Å². The van der Waals surface area contributed by atoms with Gasteiger partial charge in [0.15, 0.2) is 11.6 Å². The molecular formula is C15H15F2N3. The highest BCUT2D eigenvalue weighted by Gasteiger charge is 2.27. The second kappa shape index (κ2) is 5.15. The minimum atomic E-state index is -0.865. The van der Waals surface area contributed by atoms with Gasteiger partial charge in [-0.15, -0.1) is 0 Å². The van der Waals surface area contributed by atoms with Crippen molar-refractivity contribution in [3.05, 3.63) is 41.7 Å². The van der Waals surface area contributed by atoms with E-state index in [1.807, 2.05) is 6.92 Å². The molecule has 1 aromatic carbocycles. The summed E-state index contributed by atoms with van der Waals surface area (Å²) in [6.07, 6.45) is 2.11. The van der Waals surface area contributed by atoms with E-state index in [1.165, 1.54) is 12.1 Å². The van der Waals surface area contributed by atoms with Gasteiger partial charge in [0.05, 0.1) is 5.69 Å². The molecule has 1 saturated carbocycles. The van der Waals surface area contributed by atoms with Gasteiger partial charge in [-0.2, -0.15) is 0 Å². The third kappa shape index (κ3) is 2.48. The maximum Gasteiger partial charge on any atom is 0.168 e. The zero-order valence-electron chi connectivity index (χ0n) is 11.2. The zero-order chi connectivity index (χ0) is 14.1. The van der Waals surface area contributed by atoms with E-state index < -0.39 is 11.6 Å². The molecule has 3 rings (SSSR count). The van der Waals surface area contributed by atoms with Gasteiger partial charge in [-0.1, -0.05) is 6.07 Å². The number of nitrogens with one attached hydrogen (secondary N) is 1. The first-order valence-electron chi connectivity index (χ1n) is 6.76. The van der Waals surface area contributed by atoms with Gasteiger partial charge in [-0.05, 0) is 31.9 Å². The summed E-state index contributed by atoms with van der Waals surface area (Å²) in [7, 11) is 0. The Labute approximate surface area is 116 Å². The summed E-state index contributed by atoms with van der Waals surface area (Å²) in [4.78, 5) is 8.82. The maximum atomic E-state index is 13.9. The molecule has 20 heavy (non-hydrogen) atoms. The van der Waals surface area contributed by atoms with Crippen LogP contribution in [0.5, 0.6) is 0 Å². The van der Waals surface area contributed by atoms with Crippen LogP contribution in [0.25, 0.3) is 11.3 Å². The lowest BCUT2D eigenvalue weighted by Gasteiger charge is -2.09. The van der Waals surface area contributed by atoms with Crippen LogP contribution in [0.1, 0.15) is 31.5 Å². The second-order valence-corrected chi connectivity index (χ2v) is 4.90. The Hall–Kier alpha value is -2.04. The first-order valence-corrected chi connectivity index (χ1v) is 6.76. The van der Waals surface area contributed by atoms with E-state index in [2.05, 4.69) is 15.3 Å². The third-order valence-corrected chi connectivity index (χ3v) is 3.27. The summed E-state index contributed by atoms with van der Waals surface area (Å²) in [5.74, 6) is -0.0105. The second-order valence-electron chi connectivity index (χ2n) is 4.90. The molecule has 0 atom stereocenters. The lowest BCUT2D eigenvalue weighted by atomic mass is 10.1. The van der Waals surface area contributed by atoms with Crippen molar-refractivity contribution in [1.29, 1.82) is 0 Å². The van der Waals surface area contributed by atoms with Crippen LogP contribution in [0, 0.1) is 11.6 Å². The molecule has 1 aromatic heterocycles. The summed E-state index contributed by atoms with van der Waals surface area (Å²) in [6, 6.07) is 5.78. The Morgan fingerprint density at radius 1 is 1.25 bits per heavy atom. The maximum absolute atomic E-state index is 13.9. The molecule has 0 saturated heterocycles. The van der Waals surface area contributed by atoms with Crippen molar-refractivity contribution in [3.8, 4) is 11.3 Å². The van der Waals surface area contributed by atoms with Gasteiger partial charge in [0.2, 0.25) is 0 Å². The fourth-order valence-corrected chi connectivity index (χ4v) is 2.10. The summed E-state index contributed by atoms with van der Waals surface area (Å²) >= 11 is 0. The van der Waals surface area contributed by atoms with E-state index in [0.29, 0.717) is 29.8 Å². The largest absolute Gasteiger partial charge is 0.370 e. The van der Waals surface area contributed by atoms with Gasteiger partial charge >= 0.3 is 0 Å². The van der Waals surface area contributed by atoms with Crippen molar-refractivity contribution in [2.75, 3.05) is 11.9 Å². The molecule has 2 aromatic rings. The van der Waals surface area contributed by atoms with Gasteiger partial charge in [-0.25, -0.2) is 18.7 Å². The molecule has 104 valence electrons. The number of rotatable bonds is 4. The molecule has 3 nitrogen and oxygen atoms in total. The summed E-state index contributed by atoms with van der Waals surface area (Å²) in [6.45, 7) is 2.67. The van der Waals surface area contributed by atoms with Crippen LogP contribution in [0.15, 0.2) is 24.3 Å². The van der Waals surface area contributed by atoms with Crippen LogP contribution in [0.2, 0.25) is 0 Å². The molecule has 1 fully saturated rings. The molecule has 5 heteroatoms. The molecule has 0 amide bonds. The third-order valence-electron chi connectivity index (χ3n) is 3.27. The average Bonchev–Trinajstić information content (AvgIpc) is 3.26. The Morgan fingerprint density at radius 3 is 2.75 bits per heavy atom. The Balaban J connectivity index is 2.09. The van der Waals surface area contributed by atoms with Crippen LogP contribution in [0.4, 0.5) is 14.6 Å². The van der Waals surface area contributed by atoms with Crippen molar-refractivity contribution in [2.45, 2.75) is 25.7 Å². The quantitative estimate of drug-likeness (QED) is 0.923. The van der Waals surface area contributed by atoms with Crippen LogP contribution >= 0.6 is 0 Å². The highest BCUT2D eigenvalue weighted by atomic mass is 19.2. The van der Waals surface area contributed by atoms with Crippen molar-refractivity contribution >= 4 is 5.82 Å². The number of nitrogens with zero attached hydrogens (tertiary/aromatic N) is 2. The Kier molecular flexibility index (Phi) is 3.34. The summed E-state index contributed by atoms with van der Waals surface area (Å²) in [5, 5.41) is 3.11. The van der Waals surface area contributed by atoms with E-state index in [4.69, 9.17) is 0 Å². The number of aromatic nitrogens is 2. The predicted molar refractivity (Wildman–Crippen MR) is 73.5 cm³/mol. The SMILES string of the molecule is CCNc1cc(-c2cccc(F)c2F)nc(C2CC2)n1. The predicted octanol–water partition coefficient (Wildman–Crippen LogP) is 3.73. The van der Waals surface area contributed by atoms with E-state index in [-0.39, 0.29) is 5.56 Å². The normalized spacial score (nSPS) is 14.3. The van der Waals surface area contributed by atoms with E-state index in [0.717, 1.165) is 18.9 Å². The van der Waals surface area contributed by atoms with Gasteiger partial charge < -0.3 is 5.32 Å². The minimum Gasteiger partial charge on any atom is -0.370 e. The highest BCUT2D eigenvalue weighted by Crippen LogP contribution is 2.39. The number of hydrogen-bond acceptors (Lipinski definition) is 3. The van der Waals surface area contributed by atoms with Gasteiger partial charge in [0, 0.05) is 24.1 Å². The van der Waals surface area contributed by atoms with Gasteiger partial charge in [0.1, 0.15) is 11.6 Å². The number of halogens is 2. The number of benzene rings is 1. The molecule has 1 aliphatic rings. The van der Waals surface area contributed by atoms with Crippen molar-refractivity contribution < 1.29 is 8.78 Å². The molecule has 1 aliphatic carbocycles. The highest BCUT2D eigenvalue weighted by molar-refractivity contribution is 5.63. The molecule has 0 spiro atoms. The lowest BCUT2D eigenvalue weighted by Crippen LogP contribution is -2.04. The van der Waals surface area contributed by atoms with Crippen LogP contribution < -0.4 is 5.32 Å². The van der Waals surface area contributed by atoms with Crippen LogP contribution in [0.3, 0.4) is 0 Å². The number of hydrogen-bond donors (Lipinski definition) is 1. The van der Waals surface area contributed by atoms with Crippen molar-refractivity contribution in [3.63, 3.8) is 0 Å². The molecule has 0 bridgehead atoms. The fourth-order valence-electron chi connectivity index (χ4n) is 2.10. The molecular weight excluding hydrogens is 260 g/mol. The zero-order valence-corrected chi connectivity index (χ0v) is 11.2. The minimum absolute atomic E-state index is 0.174. The Bertz CT molecular complexity index is 639. The smallest absolute Gasteiger partial charge is 0.168 e. The summed E-state index contributed by atoms with van der Waals surface area (Å²) < 4.78 is 27.2. The summed E-state index contributed by atoms with van der Waals surface area (Å²) in [5.41, 5.74) is 0.600. The molecule has 0 unspecified atom stereocenters. The van der Waals surface area contributed by atoms with Gasteiger partial charge in [-0.3, -0.25) is 0 Å². The van der Waals surface area contributed by atoms with E-state index >= 15 is 0 Å². The van der Waals surface area contributed by atoms with E-state index in [1.54, 1.807) is 6.07 Å². The first kappa shape index (κ1) is 13.0. The first-order chi connectivity index (χ1) is 9.69. The van der Waals surface area contributed by atoms with Crippen LogP contribution in [-0.2, 0) is 0 Å². The molecule has 1 N–H and O–H groups in total. The molecule has 0 aliphatic heterocycles. The van der Waals surface area contributed by atoms with Crippen LogP contribution in [-0.4, -0.2) is 16.5 Å². The van der Waals surface area contributed by atoms with Gasteiger partial charge in [0.25, 0.3) is 0 Å². The Morgan fingerprint density at radius 2 is 2.05 bits per heavy atom. The number of anilines is 1. The lowest BCUT2D eigenvalue weighted by molar-refractivity contribution is 0.511. The van der Waals surface area contributed by atoms with E-state index in [9.17, 15) is 8.78 Å². The molecule has 1 heterocycles. The average molecular weight is 275 g/mol. The topological polar surface area (TPSA) is 37.8 Å². The fraction of sp³-hybridized carbons (Fsp3) is 0.333. The van der Waals surface area contributed by atoms with Crippen molar-refractivity contribution in [1.82, 2.24) is 9.97 Å².